The summed E-state index contributed by atoms with van der Waals surface area (Å²) in [5, 5.41) is 7.35. The molecule has 0 saturated heterocycles. The monoisotopic (exact) mass is 383 g/mol. The summed E-state index contributed by atoms with van der Waals surface area (Å²) in [6.07, 6.45) is 2.64. The predicted octanol–water partition coefficient (Wildman–Crippen LogP) is 3.39. The molecule has 0 atom stereocenters. The van der Waals surface area contributed by atoms with Crippen molar-refractivity contribution in [2.45, 2.75) is 19.5 Å². The summed E-state index contributed by atoms with van der Waals surface area (Å²) in [5.41, 5.74) is 5.83. The van der Waals surface area contributed by atoms with Crippen molar-refractivity contribution in [1.29, 1.82) is 0 Å². The molecule has 3 heterocycles. The number of nitrogens with one attached hydrogen (secondary N) is 2. The molecule has 29 heavy (non-hydrogen) atoms. The molecule has 0 amide bonds. The molecule has 2 N–H and O–H groups in total. The molecular formula is C23H21N5O. The second-order valence-corrected chi connectivity index (χ2v) is 7.30. The molecule has 0 unspecified atom stereocenters. The van der Waals surface area contributed by atoms with E-state index in [1.807, 2.05) is 54.7 Å². The van der Waals surface area contributed by atoms with E-state index in [0.717, 1.165) is 53.2 Å². The van der Waals surface area contributed by atoms with E-state index in [0.29, 0.717) is 12.4 Å². The van der Waals surface area contributed by atoms with Gasteiger partial charge in [0.1, 0.15) is 5.82 Å². The minimum Gasteiger partial charge on any atom is -0.306 e. The summed E-state index contributed by atoms with van der Waals surface area (Å²) >= 11 is 0. The maximum absolute atomic E-state index is 12.8. The zero-order chi connectivity index (χ0) is 19.6. The molecule has 0 saturated carbocycles. The van der Waals surface area contributed by atoms with Crippen molar-refractivity contribution in [1.82, 2.24) is 25.1 Å². The fourth-order valence-corrected chi connectivity index (χ4v) is 3.88. The summed E-state index contributed by atoms with van der Waals surface area (Å²) < 4.78 is 0. The van der Waals surface area contributed by atoms with Crippen molar-refractivity contribution in [3.05, 3.63) is 94.0 Å². The van der Waals surface area contributed by atoms with Crippen LogP contribution in [0.3, 0.4) is 0 Å². The molecule has 1 aliphatic rings. The van der Waals surface area contributed by atoms with Gasteiger partial charge in [-0.25, -0.2) is 4.98 Å². The van der Waals surface area contributed by atoms with Crippen molar-refractivity contribution < 1.29 is 0 Å². The van der Waals surface area contributed by atoms with E-state index in [2.05, 4.69) is 32.2 Å². The van der Waals surface area contributed by atoms with Gasteiger partial charge in [-0.1, -0.05) is 60.7 Å². The first-order valence-corrected chi connectivity index (χ1v) is 9.75. The molecular weight excluding hydrogens is 362 g/mol. The molecule has 0 bridgehead atoms. The van der Waals surface area contributed by atoms with E-state index >= 15 is 0 Å². The van der Waals surface area contributed by atoms with Gasteiger partial charge >= 0.3 is 0 Å². The number of rotatable bonds is 4. The predicted molar refractivity (Wildman–Crippen MR) is 112 cm³/mol. The van der Waals surface area contributed by atoms with Crippen LogP contribution in [0.15, 0.2) is 71.7 Å². The Morgan fingerprint density at radius 3 is 2.45 bits per heavy atom. The lowest BCUT2D eigenvalue weighted by Crippen LogP contribution is -2.35. The van der Waals surface area contributed by atoms with Crippen molar-refractivity contribution >= 4 is 0 Å². The number of benzene rings is 2. The van der Waals surface area contributed by atoms with E-state index in [-0.39, 0.29) is 5.56 Å². The van der Waals surface area contributed by atoms with Crippen LogP contribution in [0, 0.1) is 0 Å². The first-order chi connectivity index (χ1) is 14.3. The van der Waals surface area contributed by atoms with Gasteiger partial charge in [0, 0.05) is 37.2 Å². The van der Waals surface area contributed by atoms with Gasteiger partial charge in [0.15, 0.2) is 0 Å². The smallest absolute Gasteiger partial charge is 0.255 e. The summed E-state index contributed by atoms with van der Waals surface area (Å²) in [5.74, 6) is 0.643. The first kappa shape index (κ1) is 17.6. The fourth-order valence-electron chi connectivity index (χ4n) is 3.88. The molecule has 2 aromatic carbocycles. The minimum atomic E-state index is -0.0472. The molecule has 5 rings (SSSR count). The molecule has 6 nitrogen and oxygen atoms in total. The molecule has 0 spiro atoms. The lowest BCUT2D eigenvalue weighted by molar-refractivity contribution is 0.242. The number of fused-ring (bicyclic) bond motifs is 1. The zero-order valence-corrected chi connectivity index (χ0v) is 15.9. The van der Waals surface area contributed by atoms with Crippen LogP contribution >= 0.6 is 0 Å². The van der Waals surface area contributed by atoms with Crippen LogP contribution in [0.2, 0.25) is 0 Å². The normalized spacial score (nSPS) is 13.9. The van der Waals surface area contributed by atoms with Gasteiger partial charge < -0.3 is 4.98 Å². The van der Waals surface area contributed by atoms with Gasteiger partial charge in [0.2, 0.25) is 0 Å². The van der Waals surface area contributed by atoms with Crippen LogP contribution < -0.4 is 5.56 Å². The van der Waals surface area contributed by atoms with Crippen LogP contribution in [0.4, 0.5) is 0 Å². The summed E-state index contributed by atoms with van der Waals surface area (Å²) in [7, 11) is 0. The van der Waals surface area contributed by atoms with Crippen LogP contribution in [0.25, 0.3) is 22.6 Å². The van der Waals surface area contributed by atoms with Crippen molar-refractivity contribution in [2.75, 3.05) is 6.54 Å². The highest BCUT2D eigenvalue weighted by Gasteiger charge is 2.22. The lowest BCUT2D eigenvalue weighted by atomic mass is 10.0. The van der Waals surface area contributed by atoms with Crippen LogP contribution in [0.1, 0.15) is 16.8 Å². The Bertz CT molecular complexity index is 1180. The van der Waals surface area contributed by atoms with Gasteiger partial charge in [-0.15, -0.1) is 0 Å². The molecule has 4 aromatic rings. The maximum Gasteiger partial charge on any atom is 0.255 e. The Morgan fingerprint density at radius 2 is 1.69 bits per heavy atom. The quantitative estimate of drug-likeness (QED) is 0.566. The largest absolute Gasteiger partial charge is 0.306 e. The molecule has 2 aromatic heterocycles. The second-order valence-electron chi connectivity index (χ2n) is 7.30. The summed E-state index contributed by atoms with van der Waals surface area (Å²) in [4.78, 5) is 22.7. The van der Waals surface area contributed by atoms with Gasteiger partial charge in [-0.05, 0) is 5.56 Å². The summed E-state index contributed by atoms with van der Waals surface area (Å²) in [6, 6.07) is 20.0. The Kier molecular flexibility index (Phi) is 4.54. The SMILES string of the molecule is O=c1[nH]c(-c2ccccc2)nc2c1CN(Cc1cn[nH]c1-c1ccccc1)CC2. The van der Waals surface area contributed by atoms with Crippen molar-refractivity contribution in [3.8, 4) is 22.6 Å². The van der Waals surface area contributed by atoms with E-state index in [1.165, 1.54) is 0 Å². The number of hydrogen-bond donors (Lipinski definition) is 2. The van der Waals surface area contributed by atoms with Crippen molar-refractivity contribution in [3.63, 3.8) is 0 Å². The Labute approximate surface area is 168 Å². The number of aromatic nitrogens is 4. The third-order valence-corrected chi connectivity index (χ3v) is 5.37. The Morgan fingerprint density at radius 1 is 0.966 bits per heavy atom. The second kappa shape index (κ2) is 7.48. The van der Waals surface area contributed by atoms with Crippen molar-refractivity contribution in [2.24, 2.45) is 0 Å². The van der Waals surface area contributed by atoms with E-state index in [9.17, 15) is 4.79 Å². The molecule has 0 radical (unpaired) electrons. The topological polar surface area (TPSA) is 77.7 Å². The Balaban J connectivity index is 1.39. The van der Waals surface area contributed by atoms with Gasteiger partial charge in [-0.2, -0.15) is 5.10 Å². The van der Waals surface area contributed by atoms with E-state index in [1.54, 1.807) is 0 Å². The fraction of sp³-hybridized carbons (Fsp3) is 0.174. The Hall–Kier alpha value is -3.51. The molecule has 0 aliphatic carbocycles. The van der Waals surface area contributed by atoms with Crippen LogP contribution in [-0.2, 0) is 19.5 Å². The third kappa shape index (κ3) is 3.50. The lowest BCUT2D eigenvalue weighted by Gasteiger charge is -2.27. The standard InChI is InChI=1S/C23H21N5O/c29-23-19-15-28(14-18-13-24-27-21(18)16-7-3-1-4-8-16)12-11-20(19)25-22(26-23)17-9-5-2-6-10-17/h1-10,13H,11-12,14-15H2,(H,24,27)(H,25,26,29). The average molecular weight is 383 g/mol. The maximum atomic E-state index is 12.8. The minimum absolute atomic E-state index is 0.0472. The van der Waals surface area contributed by atoms with Crippen LogP contribution in [-0.4, -0.2) is 31.6 Å². The zero-order valence-electron chi connectivity index (χ0n) is 15.9. The molecule has 0 fully saturated rings. The third-order valence-electron chi connectivity index (χ3n) is 5.37. The highest BCUT2D eigenvalue weighted by Crippen LogP contribution is 2.24. The van der Waals surface area contributed by atoms with E-state index in [4.69, 9.17) is 4.98 Å². The summed E-state index contributed by atoms with van der Waals surface area (Å²) in [6.45, 7) is 2.18. The number of aromatic amines is 2. The molecule has 1 aliphatic heterocycles. The highest BCUT2D eigenvalue weighted by atomic mass is 16.1. The van der Waals surface area contributed by atoms with Gasteiger partial charge in [0.05, 0.1) is 23.1 Å². The first-order valence-electron chi connectivity index (χ1n) is 9.75. The van der Waals surface area contributed by atoms with Crippen LogP contribution in [0.5, 0.6) is 0 Å². The van der Waals surface area contributed by atoms with Gasteiger partial charge in [0.25, 0.3) is 5.56 Å². The highest BCUT2D eigenvalue weighted by molar-refractivity contribution is 5.62. The number of hydrogen-bond acceptors (Lipinski definition) is 4. The average Bonchev–Trinajstić information content (AvgIpc) is 3.23. The van der Waals surface area contributed by atoms with Gasteiger partial charge in [-0.3, -0.25) is 14.8 Å². The number of H-pyrrole nitrogens is 2. The molecule has 144 valence electrons. The van der Waals surface area contributed by atoms with E-state index < -0.39 is 0 Å². The molecule has 6 heteroatoms. The number of nitrogens with zero attached hydrogens (tertiary/aromatic N) is 3.